The zero-order chi connectivity index (χ0) is 13.9. The molecule has 4 nitrogen and oxygen atoms in total. The number of hydrazine groups is 1. The van der Waals surface area contributed by atoms with E-state index in [4.69, 9.17) is 10.6 Å². The zero-order valence-electron chi connectivity index (χ0n) is 11.7. The van der Waals surface area contributed by atoms with Gasteiger partial charge in [0.1, 0.15) is 0 Å². The molecule has 20 heavy (non-hydrogen) atoms. The number of nitrogens with two attached hydrogens (primary N) is 1. The Bertz CT molecular complexity index is 571. The third-order valence-corrected chi connectivity index (χ3v) is 5.00. The average Bonchev–Trinajstić information content (AvgIpc) is 2.97. The van der Waals surface area contributed by atoms with Crippen molar-refractivity contribution in [2.45, 2.75) is 19.1 Å². The van der Waals surface area contributed by atoms with Gasteiger partial charge in [0.15, 0.2) is 0 Å². The molecule has 1 aliphatic rings. The highest BCUT2D eigenvalue weighted by atomic mass is 32.1. The molecule has 108 valence electrons. The third-order valence-electron chi connectivity index (χ3n) is 4.02. The van der Waals surface area contributed by atoms with Crippen molar-refractivity contribution in [1.29, 1.82) is 0 Å². The molecule has 3 N–H and O–H groups in total. The Labute approximate surface area is 123 Å². The van der Waals surface area contributed by atoms with Gasteiger partial charge in [-0.1, -0.05) is 25.1 Å². The van der Waals surface area contributed by atoms with Gasteiger partial charge in [-0.05, 0) is 28.9 Å². The van der Waals surface area contributed by atoms with Crippen LogP contribution >= 0.6 is 11.3 Å². The molecule has 5 heteroatoms. The minimum Gasteiger partial charge on any atom is -0.374 e. The smallest absolute Gasteiger partial charge is 0.0910 e. The number of likely N-dealkylation sites (N-methyl/N-ethyl adjacent to an activating group) is 1. The van der Waals surface area contributed by atoms with E-state index in [0.717, 1.165) is 26.2 Å². The van der Waals surface area contributed by atoms with Crippen molar-refractivity contribution in [3.63, 3.8) is 0 Å². The van der Waals surface area contributed by atoms with Gasteiger partial charge < -0.3 is 4.74 Å². The number of nitrogens with one attached hydrogen (secondary N) is 1. The van der Waals surface area contributed by atoms with Gasteiger partial charge in [0, 0.05) is 17.8 Å². The third kappa shape index (κ3) is 2.60. The molecule has 1 fully saturated rings. The summed E-state index contributed by atoms with van der Waals surface area (Å²) in [7, 11) is 0. The first-order chi connectivity index (χ1) is 9.83. The molecule has 2 atom stereocenters. The largest absolute Gasteiger partial charge is 0.374 e. The van der Waals surface area contributed by atoms with Crippen LogP contribution in [0.5, 0.6) is 0 Å². The molecule has 1 aliphatic heterocycles. The lowest BCUT2D eigenvalue weighted by Crippen LogP contribution is -2.49. The van der Waals surface area contributed by atoms with Gasteiger partial charge in [0.05, 0.1) is 18.8 Å². The highest BCUT2D eigenvalue weighted by molar-refractivity contribution is 7.17. The van der Waals surface area contributed by atoms with Gasteiger partial charge in [-0.2, -0.15) is 0 Å². The topological polar surface area (TPSA) is 50.5 Å². The Morgan fingerprint density at radius 2 is 2.40 bits per heavy atom. The first kappa shape index (κ1) is 14.0. The van der Waals surface area contributed by atoms with Crippen molar-refractivity contribution in [1.82, 2.24) is 10.3 Å². The van der Waals surface area contributed by atoms with Crippen molar-refractivity contribution in [2.24, 2.45) is 5.84 Å². The minimum atomic E-state index is 0.0340. The first-order valence-electron chi connectivity index (χ1n) is 7.09. The molecule has 2 aromatic rings. The second-order valence-electron chi connectivity index (χ2n) is 5.13. The van der Waals surface area contributed by atoms with Crippen LogP contribution in [0.4, 0.5) is 0 Å². The van der Waals surface area contributed by atoms with Crippen LogP contribution in [0, 0.1) is 0 Å². The maximum absolute atomic E-state index is 5.96. The van der Waals surface area contributed by atoms with Crippen LogP contribution < -0.4 is 11.3 Å². The van der Waals surface area contributed by atoms with Crippen molar-refractivity contribution in [2.75, 3.05) is 26.2 Å². The maximum atomic E-state index is 5.96. The van der Waals surface area contributed by atoms with E-state index in [2.05, 4.69) is 46.9 Å². The van der Waals surface area contributed by atoms with Crippen LogP contribution in [-0.4, -0.2) is 37.2 Å². The number of morpholine rings is 1. The molecule has 0 aliphatic carbocycles. The number of hydrogen-bond acceptors (Lipinski definition) is 5. The molecule has 1 saturated heterocycles. The number of benzene rings is 1. The average molecular weight is 291 g/mol. The molecule has 0 amide bonds. The van der Waals surface area contributed by atoms with Gasteiger partial charge in [-0.15, -0.1) is 11.3 Å². The lowest BCUT2D eigenvalue weighted by Gasteiger charge is -2.36. The van der Waals surface area contributed by atoms with E-state index in [1.807, 2.05) is 0 Å². The summed E-state index contributed by atoms with van der Waals surface area (Å²) in [5.74, 6) is 5.84. The van der Waals surface area contributed by atoms with Crippen molar-refractivity contribution in [3.05, 3.63) is 35.2 Å². The van der Waals surface area contributed by atoms with E-state index in [-0.39, 0.29) is 12.1 Å². The molecule has 1 aromatic heterocycles. The molecule has 3 rings (SSSR count). The number of fused-ring (bicyclic) bond motifs is 1. The molecule has 0 bridgehead atoms. The molecule has 0 radical (unpaired) electrons. The summed E-state index contributed by atoms with van der Waals surface area (Å²) in [4.78, 5) is 2.41. The van der Waals surface area contributed by atoms with Crippen molar-refractivity contribution in [3.8, 4) is 0 Å². The quantitative estimate of drug-likeness (QED) is 0.669. The van der Waals surface area contributed by atoms with Gasteiger partial charge in [0.2, 0.25) is 0 Å². The molecule has 2 heterocycles. The fraction of sp³-hybridized carbons (Fsp3) is 0.467. The van der Waals surface area contributed by atoms with Crippen LogP contribution in [0.25, 0.3) is 10.1 Å². The Morgan fingerprint density at radius 1 is 1.50 bits per heavy atom. The summed E-state index contributed by atoms with van der Waals surface area (Å²) >= 11 is 1.76. The van der Waals surface area contributed by atoms with Gasteiger partial charge in [-0.25, -0.2) is 0 Å². The Morgan fingerprint density at radius 3 is 3.20 bits per heavy atom. The van der Waals surface area contributed by atoms with Crippen LogP contribution in [0.2, 0.25) is 0 Å². The minimum absolute atomic E-state index is 0.0340. The molecule has 2 unspecified atom stereocenters. The van der Waals surface area contributed by atoms with Gasteiger partial charge in [0.25, 0.3) is 0 Å². The predicted octanol–water partition coefficient (Wildman–Crippen LogP) is 2.13. The van der Waals surface area contributed by atoms with Crippen molar-refractivity contribution >= 4 is 21.4 Å². The summed E-state index contributed by atoms with van der Waals surface area (Å²) < 4.78 is 7.26. The summed E-state index contributed by atoms with van der Waals surface area (Å²) in [5, 5.41) is 3.40. The summed E-state index contributed by atoms with van der Waals surface area (Å²) in [6.45, 7) is 5.95. The van der Waals surface area contributed by atoms with Crippen LogP contribution in [0.3, 0.4) is 0 Å². The number of hydrogen-bond donors (Lipinski definition) is 2. The second-order valence-corrected chi connectivity index (χ2v) is 6.05. The SMILES string of the molecule is CCN1CCOC(C(NN)c2cccc3ccsc23)C1. The van der Waals surface area contributed by atoms with Crippen molar-refractivity contribution < 1.29 is 4.74 Å². The normalized spacial score (nSPS) is 22.2. The highest BCUT2D eigenvalue weighted by Crippen LogP contribution is 2.31. The van der Waals surface area contributed by atoms with Crippen LogP contribution in [-0.2, 0) is 4.74 Å². The summed E-state index contributed by atoms with van der Waals surface area (Å²) in [5.41, 5.74) is 4.21. The number of ether oxygens (including phenoxy) is 1. The van der Waals surface area contributed by atoms with E-state index < -0.39 is 0 Å². The highest BCUT2D eigenvalue weighted by Gasteiger charge is 2.29. The Balaban J connectivity index is 1.91. The number of nitrogens with zero attached hydrogens (tertiary/aromatic N) is 1. The monoisotopic (exact) mass is 291 g/mol. The molecular weight excluding hydrogens is 270 g/mol. The molecular formula is C15H21N3OS. The zero-order valence-corrected chi connectivity index (χ0v) is 12.5. The molecule has 1 aromatic carbocycles. The van der Waals surface area contributed by atoms with E-state index in [1.165, 1.54) is 15.6 Å². The van der Waals surface area contributed by atoms with Gasteiger partial charge >= 0.3 is 0 Å². The second kappa shape index (κ2) is 6.20. The number of thiophene rings is 1. The Hall–Kier alpha value is -0.980. The number of rotatable bonds is 4. The fourth-order valence-corrected chi connectivity index (χ4v) is 3.83. The van der Waals surface area contributed by atoms with E-state index in [0.29, 0.717) is 0 Å². The lowest BCUT2D eigenvalue weighted by atomic mass is 9.99. The van der Waals surface area contributed by atoms with E-state index in [9.17, 15) is 0 Å². The first-order valence-corrected chi connectivity index (χ1v) is 7.97. The van der Waals surface area contributed by atoms with Crippen LogP contribution in [0.15, 0.2) is 29.6 Å². The van der Waals surface area contributed by atoms with E-state index >= 15 is 0 Å². The summed E-state index contributed by atoms with van der Waals surface area (Å²) in [6, 6.07) is 8.57. The van der Waals surface area contributed by atoms with Crippen LogP contribution in [0.1, 0.15) is 18.5 Å². The van der Waals surface area contributed by atoms with E-state index in [1.54, 1.807) is 11.3 Å². The fourth-order valence-electron chi connectivity index (χ4n) is 2.88. The molecule has 0 saturated carbocycles. The maximum Gasteiger partial charge on any atom is 0.0910 e. The Kier molecular flexibility index (Phi) is 4.33. The summed E-state index contributed by atoms with van der Waals surface area (Å²) in [6.07, 6.45) is 0.0985. The lowest BCUT2D eigenvalue weighted by molar-refractivity contribution is -0.0454. The molecule has 0 spiro atoms. The predicted molar refractivity (Wildman–Crippen MR) is 83.7 cm³/mol. The standard InChI is InChI=1S/C15H21N3OS/c1-2-18-7-8-19-13(10-18)14(17-16)12-5-3-4-11-6-9-20-15(11)12/h3-6,9,13-14,17H,2,7-8,10,16H2,1H3. The van der Waals surface area contributed by atoms with Gasteiger partial charge in [-0.3, -0.25) is 16.2 Å².